The van der Waals surface area contributed by atoms with Gasteiger partial charge in [-0.1, -0.05) is 37.3 Å². The summed E-state index contributed by atoms with van der Waals surface area (Å²) in [4.78, 5) is 10.9. The highest BCUT2D eigenvalue weighted by Crippen LogP contribution is 2.36. The average molecular weight is 270 g/mol. The van der Waals surface area contributed by atoms with Gasteiger partial charge in [-0.2, -0.15) is 0 Å². The van der Waals surface area contributed by atoms with Crippen LogP contribution in [-0.4, -0.2) is 9.97 Å². The normalized spacial score (nSPS) is 11.0. The standard InChI is InChI=1S/C14H14N4S/c1-2-9-11(15)10-12(16)17-13(18-14(10)19-9)8-6-4-3-5-7-8/h3-7H,2,15H2,1H3,(H2,16,17,18). The Labute approximate surface area is 115 Å². The van der Waals surface area contributed by atoms with Gasteiger partial charge in [0.25, 0.3) is 0 Å². The third-order valence-electron chi connectivity index (χ3n) is 3.05. The first-order chi connectivity index (χ1) is 9.20. The molecule has 0 unspecified atom stereocenters. The number of benzene rings is 1. The van der Waals surface area contributed by atoms with Crippen molar-refractivity contribution in [3.63, 3.8) is 0 Å². The zero-order valence-corrected chi connectivity index (χ0v) is 11.4. The molecule has 4 N–H and O–H groups in total. The number of aryl methyl sites for hydroxylation is 1. The third kappa shape index (κ3) is 1.92. The molecule has 0 saturated heterocycles. The molecule has 0 aliphatic heterocycles. The summed E-state index contributed by atoms with van der Waals surface area (Å²) in [6.45, 7) is 2.07. The van der Waals surface area contributed by atoms with Crippen molar-refractivity contribution in [1.29, 1.82) is 0 Å². The van der Waals surface area contributed by atoms with Crippen LogP contribution in [-0.2, 0) is 6.42 Å². The Morgan fingerprint density at radius 1 is 1.11 bits per heavy atom. The summed E-state index contributed by atoms with van der Waals surface area (Å²) in [6, 6.07) is 9.82. The summed E-state index contributed by atoms with van der Waals surface area (Å²) < 4.78 is 0. The number of anilines is 2. The fraction of sp³-hybridized carbons (Fsp3) is 0.143. The maximum Gasteiger partial charge on any atom is 0.163 e. The fourth-order valence-electron chi connectivity index (χ4n) is 2.07. The van der Waals surface area contributed by atoms with E-state index in [9.17, 15) is 0 Å². The predicted molar refractivity (Wildman–Crippen MR) is 81.1 cm³/mol. The van der Waals surface area contributed by atoms with E-state index in [4.69, 9.17) is 11.5 Å². The van der Waals surface area contributed by atoms with Crippen molar-refractivity contribution in [2.45, 2.75) is 13.3 Å². The van der Waals surface area contributed by atoms with E-state index in [1.807, 2.05) is 30.3 Å². The SMILES string of the molecule is CCc1sc2nc(-c3ccccc3)nc(N)c2c1N. The van der Waals surface area contributed by atoms with Crippen LogP contribution in [0.1, 0.15) is 11.8 Å². The number of nitrogens with zero attached hydrogens (tertiary/aromatic N) is 2. The number of thiophene rings is 1. The van der Waals surface area contributed by atoms with Gasteiger partial charge in [0, 0.05) is 10.4 Å². The summed E-state index contributed by atoms with van der Waals surface area (Å²) in [5.41, 5.74) is 13.8. The van der Waals surface area contributed by atoms with Gasteiger partial charge in [-0.15, -0.1) is 11.3 Å². The molecule has 0 radical (unpaired) electrons. The zero-order valence-electron chi connectivity index (χ0n) is 10.6. The second-order valence-electron chi connectivity index (χ2n) is 4.27. The van der Waals surface area contributed by atoms with E-state index in [1.54, 1.807) is 11.3 Å². The van der Waals surface area contributed by atoms with Crippen molar-refractivity contribution < 1.29 is 0 Å². The van der Waals surface area contributed by atoms with Gasteiger partial charge in [0.15, 0.2) is 5.82 Å². The van der Waals surface area contributed by atoms with E-state index in [0.717, 1.165) is 32.8 Å². The minimum Gasteiger partial charge on any atom is -0.397 e. The van der Waals surface area contributed by atoms with E-state index < -0.39 is 0 Å². The topological polar surface area (TPSA) is 77.8 Å². The minimum absolute atomic E-state index is 0.456. The molecule has 0 aliphatic rings. The van der Waals surface area contributed by atoms with E-state index in [1.165, 1.54) is 0 Å². The number of fused-ring (bicyclic) bond motifs is 1. The third-order valence-corrected chi connectivity index (χ3v) is 4.29. The predicted octanol–water partition coefficient (Wildman–Crippen LogP) is 3.09. The lowest BCUT2D eigenvalue weighted by Gasteiger charge is -2.03. The second-order valence-corrected chi connectivity index (χ2v) is 5.35. The van der Waals surface area contributed by atoms with E-state index in [2.05, 4.69) is 16.9 Å². The molecule has 0 fully saturated rings. The Morgan fingerprint density at radius 2 is 1.84 bits per heavy atom. The molecular weight excluding hydrogens is 256 g/mol. The van der Waals surface area contributed by atoms with Gasteiger partial charge in [-0.05, 0) is 6.42 Å². The lowest BCUT2D eigenvalue weighted by molar-refractivity contribution is 1.19. The molecule has 4 nitrogen and oxygen atoms in total. The van der Waals surface area contributed by atoms with Gasteiger partial charge >= 0.3 is 0 Å². The van der Waals surface area contributed by atoms with E-state index >= 15 is 0 Å². The van der Waals surface area contributed by atoms with Crippen LogP contribution in [0.25, 0.3) is 21.6 Å². The van der Waals surface area contributed by atoms with Gasteiger partial charge in [-0.25, -0.2) is 9.97 Å². The molecule has 1 aromatic carbocycles. The highest BCUT2D eigenvalue weighted by atomic mass is 32.1. The van der Waals surface area contributed by atoms with Crippen LogP contribution >= 0.6 is 11.3 Å². The van der Waals surface area contributed by atoms with Gasteiger partial charge in [-0.3, -0.25) is 0 Å². The van der Waals surface area contributed by atoms with Gasteiger partial charge in [0.05, 0.1) is 11.1 Å². The van der Waals surface area contributed by atoms with Crippen molar-refractivity contribution in [1.82, 2.24) is 9.97 Å². The molecule has 3 aromatic rings. The maximum absolute atomic E-state index is 6.09. The van der Waals surface area contributed by atoms with Crippen molar-refractivity contribution in [2.24, 2.45) is 0 Å². The largest absolute Gasteiger partial charge is 0.397 e. The summed E-state index contributed by atoms with van der Waals surface area (Å²) in [5, 5.41) is 0.793. The lowest BCUT2D eigenvalue weighted by Crippen LogP contribution is -1.98. The summed E-state index contributed by atoms with van der Waals surface area (Å²) in [6.07, 6.45) is 0.882. The van der Waals surface area contributed by atoms with Gasteiger partial charge in [0.1, 0.15) is 10.6 Å². The lowest BCUT2D eigenvalue weighted by atomic mass is 10.2. The van der Waals surface area contributed by atoms with Crippen molar-refractivity contribution in [2.75, 3.05) is 11.5 Å². The van der Waals surface area contributed by atoms with Crippen LogP contribution < -0.4 is 11.5 Å². The molecular formula is C14H14N4S. The Morgan fingerprint density at radius 3 is 2.53 bits per heavy atom. The van der Waals surface area contributed by atoms with Crippen LogP contribution in [0.4, 0.5) is 11.5 Å². The monoisotopic (exact) mass is 270 g/mol. The van der Waals surface area contributed by atoms with Gasteiger partial charge in [0.2, 0.25) is 0 Å². The van der Waals surface area contributed by atoms with Gasteiger partial charge < -0.3 is 11.5 Å². The minimum atomic E-state index is 0.456. The Balaban J connectivity index is 2.26. The summed E-state index contributed by atoms with van der Waals surface area (Å²) >= 11 is 1.59. The second kappa shape index (κ2) is 4.51. The number of rotatable bonds is 2. The smallest absolute Gasteiger partial charge is 0.163 e. The highest BCUT2D eigenvalue weighted by Gasteiger charge is 2.15. The summed E-state index contributed by atoms with van der Waals surface area (Å²) in [7, 11) is 0. The highest BCUT2D eigenvalue weighted by molar-refractivity contribution is 7.19. The number of hydrogen-bond donors (Lipinski definition) is 2. The molecule has 0 atom stereocenters. The van der Waals surface area contributed by atoms with E-state index in [-0.39, 0.29) is 0 Å². The molecule has 2 aromatic heterocycles. The van der Waals surface area contributed by atoms with Crippen molar-refractivity contribution >= 4 is 33.1 Å². The molecule has 0 spiro atoms. The van der Waals surface area contributed by atoms with Crippen LogP contribution in [0.3, 0.4) is 0 Å². The van der Waals surface area contributed by atoms with Crippen LogP contribution in [0.15, 0.2) is 30.3 Å². The first kappa shape index (κ1) is 11.9. The number of nitrogen functional groups attached to an aromatic ring is 2. The van der Waals surface area contributed by atoms with Crippen LogP contribution in [0, 0.1) is 0 Å². The molecule has 0 aliphatic carbocycles. The molecule has 19 heavy (non-hydrogen) atoms. The first-order valence-corrected chi connectivity index (χ1v) is 6.92. The zero-order chi connectivity index (χ0) is 13.4. The summed E-state index contributed by atoms with van der Waals surface area (Å²) in [5.74, 6) is 1.10. The molecule has 3 rings (SSSR count). The van der Waals surface area contributed by atoms with Crippen LogP contribution in [0.5, 0.6) is 0 Å². The number of nitrogens with two attached hydrogens (primary N) is 2. The molecule has 5 heteroatoms. The Kier molecular flexibility index (Phi) is 2.83. The average Bonchev–Trinajstić information content (AvgIpc) is 2.76. The Hall–Kier alpha value is -2.14. The fourth-order valence-corrected chi connectivity index (χ4v) is 3.11. The quantitative estimate of drug-likeness (QED) is 0.750. The molecule has 0 bridgehead atoms. The van der Waals surface area contributed by atoms with Crippen molar-refractivity contribution in [3.8, 4) is 11.4 Å². The number of hydrogen-bond acceptors (Lipinski definition) is 5. The van der Waals surface area contributed by atoms with E-state index in [0.29, 0.717) is 11.6 Å². The molecule has 2 heterocycles. The maximum atomic E-state index is 6.09. The molecule has 0 amide bonds. The van der Waals surface area contributed by atoms with Crippen LogP contribution in [0.2, 0.25) is 0 Å². The Bertz CT molecular complexity index is 734. The molecule has 96 valence electrons. The number of aromatic nitrogens is 2. The van der Waals surface area contributed by atoms with Crippen molar-refractivity contribution in [3.05, 3.63) is 35.2 Å². The first-order valence-electron chi connectivity index (χ1n) is 6.10. The molecule has 0 saturated carbocycles.